The lowest BCUT2D eigenvalue weighted by Crippen LogP contribution is -2.59. The maximum atomic E-state index is 2.61. The van der Waals surface area contributed by atoms with E-state index >= 15 is 0 Å². The van der Waals surface area contributed by atoms with Crippen molar-refractivity contribution in [3.8, 4) is 33.6 Å². The fraction of sp³-hybridized carbons (Fsp3) is 0. The van der Waals surface area contributed by atoms with E-state index in [4.69, 9.17) is 0 Å². The normalized spacial score (nSPS) is 12.9. The molecule has 0 saturated heterocycles. The van der Waals surface area contributed by atoms with E-state index in [0.717, 1.165) is 11.4 Å². The van der Waals surface area contributed by atoms with Gasteiger partial charge in [0.2, 0.25) is 0 Å². The van der Waals surface area contributed by atoms with E-state index in [2.05, 4.69) is 196 Å². The zero-order valence-electron chi connectivity index (χ0n) is 28.2. The monoisotopic (exact) mass is 659 g/mol. The molecule has 2 aliphatic rings. The summed E-state index contributed by atoms with van der Waals surface area (Å²) in [5.74, 6) is 0. The SMILES string of the molecule is c1ccc(-n2c3ccccc3c3ccc4c5c6c(ccc5n(-c5ccccc5)c4c32)N2B(c3ccccc3-c3ccccc32)c2ccccc2-6)cc1. The molecule has 0 unspecified atom stereocenters. The topological polar surface area (TPSA) is 13.1 Å². The predicted molar refractivity (Wildman–Crippen MR) is 220 cm³/mol. The first-order valence-corrected chi connectivity index (χ1v) is 18.1. The highest BCUT2D eigenvalue weighted by atomic mass is 15.1. The Bertz CT molecular complexity index is 3080. The number of anilines is 2. The molecular weight excluding hydrogens is 629 g/mol. The minimum absolute atomic E-state index is 0.0713. The molecule has 0 N–H and O–H groups in total. The molecule has 0 bridgehead atoms. The van der Waals surface area contributed by atoms with Gasteiger partial charge in [-0.1, -0.05) is 133 Å². The summed E-state index contributed by atoms with van der Waals surface area (Å²) in [6, 6.07) is 67.1. The number of nitrogens with zero attached hydrogens (tertiary/aromatic N) is 3. The maximum Gasteiger partial charge on any atom is 0.329 e. The van der Waals surface area contributed by atoms with E-state index < -0.39 is 0 Å². The summed E-state index contributed by atoms with van der Waals surface area (Å²) in [6.45, 7) is 0.0713. The average Bonchev–Trinajstić information content (AvgIpc) is 3.74. The molecule has 0 radical (unpaired) electrons. The molecule has 2 aliphatic heterocycles. The Morgan fingerprint density at radius 1 is 0.346 bits per heavy atom. The molecule has 4 heterocycles. The number of hydrogen-bond donors (Lipinski definition) is 0. The summed E-state index contributed by atoms with van der Waals surface area (Å²) >= 11 is 0. The van der Waals surface area contributed by atoms with Crippen LogP contribution < -0.4 is 15.7 Å². The second-order valence-corrected chi connectivity index (χ2v) is 14.0. The fourth-order valence-electron chi connectivity index (χ4n) is 9.50. The minimum atomic E-state index is 0.0713. The summed E-state index contributed by atoms with van der Waals surface area (Å²) in [7, 11) is 0. The van der Waals surface area contributed by atoms with Crippen LogP contribution in [-0.2, 0) is 0 Å². The van der Waals surface area contributed by atoms with Crippen LogP contribution in [0.4, 0.5) is 11.4 Å². The van der Waals surface area contributed by atoms with Gasteiger partial charge in [-0.25, -0.2) is 0 Å². The van der Waals surface area contributed by atoms with E-state index in [0.29, 0.717) is 0 Å². The van der Waals surface area contributed by atoms with Crippen molar-refractivity contribution in [1.29, 1.82) is 0 Å². The van der Waals surface area contributed by atoms with Crippen molar-refractivity contribution in [2.24, 2.45) is 0 Å². The summed E-state index contributed by atoms with van der Waals surface area (Å²) in [5.41, 5.74) is 17.5. The molecule has 0 aliphatic carbocycles. The van der Waals surface area contributed by atoms with Crippen LogP contribution in [0.3, 0.4) is 0 Å². The van der Waals surface area contributed by atoms with Gasteiger partial charge < -0.3 is 13.9 Å². The van der Waals surface area contributed by atoms with Crippen LogP contribution in [0.25, 0.3) is 77.2 Å². The zero-order chi connectivity index (χ0) is 33.9. The Labute approximate surface area is 301 Å². The van der Waals surface area contributed by atoms with Gasteiger partial charge in [0.05, 0.1) is 22.1 Å². The summed E-state index contributed by atoms with van der Waals surface area (Å²) in [5, 5.41) is 5.04. The lowest BCUT2D eigenvalue weighted by molar-refractivity contribution is 1.15. The van der Waals surface area contributed by atoms with E-state index in [1.165, 1.54) is 88.2 Å². The number of fused-ring (bicyclic) bond motifs is 19. The van der Waals surface area contributed by atoms with E-state index in [1.807, 2.05) is 0 Å². The van der Waals surface area contributed by atoms with E-state index in [9.17, 15) is 0 Å². The second-order valence-electron chi connectivity index (χ2n) is 14.0. The molecular formula is C48H30BN3. The molecule has 8 aromatic carbocycles. The lowest BCUT2D eigenvalue weighted by atomic mass is 9.43. The molecule has 10 aromatic rings. The Balaban J connectivity index is 1.29. The van der Waals surface area contributed by atoms with Crippen molar-refractivity contribution in [3.63, 3.8) is 0 Å². The smallest absolute Gasteiger partial charge is 0.329 e. The summed E-state index contributed by atoms with van der Waals surface area (Å²) < 4.78 is 4.99. The molecule has 0 spiro atoms. The third-order valence-electron chi connectivity index (χ3n) is 11.5. The van der Waals surface area contributed by atoms with Crippen LogP contribution >= 0.6 is 0 Å². The van der Waals surface area contributed by atoms with Crippen LogP contribution in [0, 0.1) is 0 Å². The number of aromatic nitrogens is 2. The maximum absolute atomic E-state index is 2.61. The van der Waals surface area contributed by atoms with Gasteiger partial charge in [0.25, 0.3) is 0 Å². The van der Waals surface area contributed by atoms with Gasteiger partial charge in [0.15, 0.2) is 0 Å². The highest BCUT2D eigenvalue weighted by molar-refractivity contribution is 6.92. The summed E-state index contributed by atoms with van der Waals surface area (Å²) in [6.07, 6.45) is 0. The zero-order valence-corrected chi connectivity index (χ0v) is 28.2. The van der Waals surface area contributed by atoms with Crippen LogP contribution in [0.15, 0.2) is 182 Å². The lowest BCUT2D eigenvalue weighted by Gasteiger charge is -2.43. The van der Waals surface area contributed by atoms with Gasteiger partial charge in [0, 0.05) is 55.4 Å². The van der Waals surface area contributed by atoms with Crippen molar-refractivity contribution in [2.75, 3.05) is 4.81 Å². The Morgan fingerprint density at radius 3 is 1.67 bits per heavy atom. The van der Waals surface area contributed by atoms with Crippen molar-refractivity contribution in [1.82, 2.24) is 9.13 Å². The molecule has 3 nitrogen and oxygen atoms in total. The van der Waals surface area contributed by atoms with E-state index in [-0.39, 0.29) is 6.85 Å². The summed E-state index contributed by atoms with van der Waals surface area (Å²) in [4.78, 5) is 2.61. The van der Waals surface area contributed by atoms with Crippen molar-refractivity contribution in [2.45, 2.75) is 0 Å². The molecule has 0 atom stereocenters. The van der Waals surface area contributed by atoms with Gasteiger partial charge in [-0.05, 0) is 70.6 Å². The van der Waals surface area contributed by atoms with Gasteiger partial charge in [0.1, 0.15) is 0 Å². The van der Waals surface area contributed by atoms with Crippen LogP contribution in [0.1, 0.15) is 0 Å². The predicted octanol–water partition coefficient (Wildman–Crippen LogP) is 10.8. The Morgan fingerprint density at radius 2 is 0.904 bits per heavy atom. The highest BCUT2D eigenvalue weighted by Crippen LogP contribution is 2.51. The number of para-hydroxylation sites is 4. The molecule has 0 fully saturated rings. The van der Waals surface area contributed by atoms with Crippen LogP contribution in [0.5, 0.6) is 0 Å². The molecule has 240 valence electrons. The number of benzene rings is 8. The first-order valence-electron chi connectivity index (χ1n) is 18.1. The second kappa shape index (κ2) is 10.4. The molecule has 12 rings (SSSR count). The molecule has 0 saturated carbocycles. The van der Waals surface area contributed by atoms with Crippen molar-refractivity contribution >= 4 is 72.8 Å². The first-order chi connectivity index (χ1) is 25.9. The molecule has 2 aromatic heterocycles. The third-order valence-corrected chi connectivity index (χ3v) is 11.5. The van der Waals surface area contributed by atoms with E-state index in [1.54, 1.807) is 0 Å². The molecule has 4 heteroatoms. The van der Waals surface area contributed by atoms with Gasteiger partial charge in [-0.2, -0.15) is 0 Å². The van der Waals surface area contributed by atoms with Crippen molar-refractivity contribution in [3.05, 3.63) is 182 Å². The number of hydrogen-bond acceptors (Lipinski definition) is 1. The Hall–Kier alpha value is -6.78. The molecule has 52 heavy (non-hydrogen) atoms. The van der Waals surface area contributed by atoms with Crippen LogP contribution in [-0.4, -0.2) is 16.0 Å². The highest BCUT2D eigenvalue weighted by Gasteiger charge is 2.43. The largest absolute Gasteiger partial charge is 0.376 e. The molecule has 0 amide bonds. The van der Waals surface area contributed by atoms with Gasteiger partial charge in [-0.15, -0.1) is 0 Å². The van der Waals surface area contributed by atoms with Gasteiger partial charge >= 0.3 is 6.85 Å². The third kappa shape index (κ3) is 3.56. The first kappa shape index (κ1) is 28.0. The van der Waals surface area contributed by atoms with Crippen molar-refractivity contribution < 1.29 is 0 Å². The minimum Gasteiger partial charge on any atom is -0.376 e. The average molecular weight is 660 g/mol. The standard InChI is InChI=1S/C48H30BN3/c1-3-15-31(16-4-1)50-41-25-13-9-21-35(41)36-27-28-38-46-43(51(48(38)47(36)50)32-17-5-2-6-18-32)29-30-44-45(46)37-22-8-12-24-40(37)49-39-23-11-7-19-33(39)34-20-10-14-26-42(34)52(44)49/h1-30H. The Kier molecular flexibility index (Phi) is 5.58. The number of rotatable bonds is 2. The fourth-order valence-corrected chi connectivity index (χ4v) is 9.50. The van der Waals surface area contributed by atoms with Gasteiger partial charge in [-0.3, -0.25) is 0 Å². The van der Waals surface area contributed by atoms with Crippen LogP contribution in [0.2, 0.25) is 0 Å². The quantitative estimate of drug-likeness (QED) is 0.168.